The lowest BCUT2D eigenvalue weighted by Crippen LogP contribution is -2.34. The lowest BCUT2D eigenvalue weighted by Gasteiger charge is -2.29. The summed E-state index contributed by atoms with van der Waals surface area (Å²) >= 11 is 0. The number of benzene rings is 2. The highest BCUT2D eigenvalue weighted by Gasteiger charge is 2.26. The van der Waals surface area contributed by atoms with Crippen LogP contribution in [0.25, 0.3) is 22.2 Å². The van der Waals surface area contributed by atoms with Crippen molar-refractivity contribution in [2.75, 3.05) is 49.8 Å². The minimum atomic E-state index is -0.283. The van der Waals surface area contributed by atoms with Crippen molar-refractivity contribution in [3.05, 3.63) is 61.6 Å². The monoisotopic (exact) mass is 512 g/mol. The van der Waals surface area contributed by atoms with Gasteiger partial charge in [-0.1, -0.05) is 12.6 Å². The van der Waals surface area contributed by atoms with E-state index in [4.69, 9.17) is 4.74 Å². The Labute approximate surface area is 221 Å². The number of nitrogens with zero attached hydrogens (tertiary/aromatic N) is 6. The molecule has 10 nitrogen and oxygen atoms in total. The number of fused-ring (bicyclic) bond motifs is 1. The highest BCUT2D eigenvalue weighted by molar-refractivity contribution is 6.02. The summed E-state index contributed by atoms with van der Waals surface area (Å²) in [5.41, 5.74) is 4.98. The molecule has 0 bridgehead atoms. The Hall–Kier alpha value is -4.44. The molecule has 1 saturated heterocycles. The van der Waals surface area contributed by atoms with Crippen LogP contribution in [0.5, 0.6) is 5.75 Å². The number of carbonyl (C=O) groups is 1. The second-order valence-electron chi connectivity index (χ2n) is 9.53. The maximum Gasteiger partial charge on any atom is 0.247 e. The zero-order valence-electron chi connectivity index (χ0n) is 22.1. The normalized spacial score (nSPS) is 15.4. The highest BCUT2D eigenvalue weighted by Crippen LogP contribution is 2.39. The number of likely N-dealkylation sites (N-methyl/N-ethyl adjacent to an activating group) is 2. The van der Waals surface area contributed by atoms with Crippen LogP contribution in [0.1, 0.15) is 6.42 Å². The number of aromatic nitrogens is 4. The number of nitrogens with one attached hydrogen (secondary N) is 2. The number of amides is 1. The quantitative estimate of drug-likeness (QED) is 0.341. The van der Waals surface area contributed by atoms with Crippen molar-refractivity contribution < 1.29 is 9.53 Å². The van der Waals surface area contributed by atoms with E-state index in [0.717, 1.165) is 47.4 Å². The van der Waals surface area contributed by atoms with Crippen molar-refractivity contribution in [1.29, 1.82) is 0 Å². The van der Waals surface area contributed by atoms with Crippen molar-refractivity contribution >= 4 is 39.7 Å². The van der Waals surface area contributed by atoms with Gasteiger partial charge in [-0.15, -0.1) is 0 Å². The number of methoxy groups -OCH3 is 1. The van der Waals surface area contributed by atoms with Gasteiger partial charge in [-0.2, -0.15) is 5.10 Å². The Kier molecular flexibility index (Phi) is 6.97. The van der Waals surface area contributed by atoms with Crippen LogP contribution in [0.3, 0.4) is 0 Å². The van der Waals surface area contributed by atoms with Crippen LogP contribution in [-0.4, -0.2) is 70.9 Å². The Morgan fingerprint density at radius 2 is 2.03 bits per heavy atom. The molecule has 10 heteroatoms. The molecule has 4 aromatic rings. The van der Waals surface area contributed by atoms with Crippen LogP contribution in [-0.2, 0) is 11.8 Å². The maximum absolute atomic E-state index is 12.3. The molecule has 38 heavy (non-hydrogen) atoms. The number of ether oxygens (including phenoxy) is 1. The van der Waals surface area contributed by atoms with Gasteiger partial charge in [-0.05, 0) is 44.3 Å². The second kappa shape index (κ2) is 10.5. The molecule has 0 spiro atoms. The SMILES string of the molecule is C=CC(=O)Nc1cc(Nc2cc(-c3ccc4c(cnn4C)c3)ncn2)c(OC)cc1N(C)C1CCN(C)C1. The molecular formula is C28H32N8O2. The average Bonchev–Trinajstić information content (AvgIpc) is 3.53. The molecule has 2 aromatic carbocycles. The molecule has 1 unspecified atom stereocenters. The van der Waals surface area contributed by atoms with Crippen LogP contribution in [0.15, 0.2) is 61.6 Å². The highest BCUT2D eigenvalue weighted by atomic mass is 16.5. The molecule has 1 atom stereocenters. The maximum atomic E-state index is 12.3. The minimum absolute atomic E-state index is 0.283. The zero-order valence-corrected chi connectivity index (χ0v) is 22.1. The van der Waals surface area contributed by atoms with Gasteiger partial charge in [0.25, 0.3) is 0 Å². The summed E-state index contributed by atoms with van der Waals surface area (Å²) in [5, 5.41) is 11.7. The third kappa shape index (κ3) is 5.03. The van der Waals surface area contributed by atoms with Gasteiger partial charge in [-0.3, -0.25) is 9.48 Å². The largest absolute Gasteiger partial charge is 0.494 e. The van der Waals surface area contributed by atoms with E-state index in [1.165, 1.54) is 12.4 Å². The summed E-state index contributed by atoms with van der Waals surface area (Å²) in [5.74, 6) is 0.945. The van der Waals surface area contributed by atoms with Crippen LogP contribution >= 0.6 is 0 Å². The molecule has 1 aliphatic rings. The van der Waals surface area contributed by atoms with Gasteiger partial charge < -0.3 is 25.2 Å². The van der Waals surface area contributed by atoms with Crippen molar-refractivity contribution in [2.45, 2.75) is 12.5 Å². The van der Waals surface area contributed by atoms with E-state index < -0.39 is 0 Å². The number of hydrogen-bond donors (Lipinski definition) is 2. The van der Waals surface area contributed by atoms with Crippen LogP contribution in [0.4, 0.5) is 22.9 Å². The van der Waals surface area contributed by atoms with E-state index in [-0.39, 0.29) is 5.91 Å². The molecule has 1 aliphatic heterocycles. The molecule has 196 valence electrons. The predicted octanol–water partition coefficient (Wildman–Crippen LogP) is 4.05. The fourth-order valence-electron chi connectivity index (χ4n) is 4.88. The Morgan fingerprint density at radius 3 is 2.76 bits per heavy atom. The number of aryl methyl sites for hydroxylation is 1. The molecule has 1 fully saturated rings. The van der Waals surface area contributed by atoms with E-state index in [2.05, 4.69) is 55.2 Å². The number of likely N-dealkylation sites (tertiary alicyclic amines) is 1. The van der Waals surface area contributed by atoms with E-state index in [1.807, 2.05) is 55.3 Å². The molecule has 3 heterocycles. The van der Waals surface area contributed by atoms with Crippen molar-refractivity contribution in [3.63, 3.8) is 0 Å². The summed E-state index contributed by atoms with van der Waals surface area (Å²) in [7, 11) is 7.71. The molecule has 0 radical (unpaired) electrons. The first kappa shape index (κ1) is 25.2. The summed E-state index contributed by atoms with van der Waals surface area (Å²) in [4.78, 5) is 25.7. The van der Waals surface area contributed by atoms with Crippen LogP contribution in [0, 0.1) is 0 Å². The van der Waals surface area contributed by atoms with E-state index in [9.17, 15) is 4.79 Å². The van der Waals surface area contributed by atoms with E-state index in [0.29, 0.717) is 29.0 Å². The molecule has 0 aliphatic carbocycles. The predicted molar refractivity (Wildman–Crippen MR) is 151 cm³/mol. The van der Waals surface area contributed by atoms with Crippen LogP contribution < -0.4 is 20.3 Å². The molecule has 0 saturated carbocycles. The Bertz CT molecular complexity index is 1500. The third-order valence-electron chi connectivity index (χ3n) is 7.03. The van der Waals surface area contributed by atoms with Gasteiger partial charge in [0.1, 0.15) is 17.9 Å². The van der Waals surface area contributed by atoms with Gasteiger partial charge in [0.15, 0.2) is 0 Å². The summed E-state index contributed by atoms with van der Waals surface area (Å²) in [6.07, 6.45) is 5.67. The first-order valence-electron chi connectivity index (χ1n) is 12.4. The fraction of sp³-hybridized carbons (Fsp3) is 0.286. The van der Waals surface area contributed by atoms with Gasteiger partial charge in [-0.25, -0.2) is 9.97 Å². The Balaban J connectivity index is 1.48. The summed E-state index contributed by atoms with van der Waals surface area (Å²) in [6, 6.07) is 12.1. The molecular weight excluding hydrogens is 480 g/mol. The standard InChI is InChI=1S/C28H32N8O2/c1-6-28(37)33-22-12-23(26(38-5)14-25(22)35(3)20-9-10-34(2)16-20)32-27-13-21(29-17-30-27)18-7-8-24-19(11-18)15-31-36(24)4/h6-8,11-15,17,20H,1,9-10,16H2,2-5H3,(H,33,37)(H,29,30,32). The Morgan fingerprint density at radius 1 is 1.18 bits per heavy atom. The second-order valence-corrected chi connectivity index (χ2v) is 9.53. The number of anilines is 4. The molecule has 2 N–H and O–H groups in total. The van der Waals surface area contributed by atoms with Gasteiger partial charge in [0.2, 0.25) is 5.91 Å². The number of hydrogen-bond acceptors (Lipinski definition) is 8. The number of carbonyl (C=O) groups excluding carboxylic acids is 1. The van der Waals surface area contributed by atoms with Crippen molar-refractivity contribution in [1.82, 2.24) is 24.6 Å². The first-order chi connectivity index (χ1) is 18.4. The molecule has 1 amide bonds. The smallest absolute Gasteiger partial charge is 0.247 e. The van der Waals surface area contributed by atoms with Crippen molar-refractivity contribution in [2.24, 2.45) is 7.05 Å². The third-order valence-corrected chi connectivity index (χ3v) is 7.03. The first-order valence-corrected chi connectivity index (χ1v) is 12.4. The van der Waals surface area contributed by atoms with Gasteiger partial charge in [0, 0.05) is 49.8 Å². The summed E-state index contributed by atoms with van der Waals surface area (Å²) in [6.45, 7) is 5.58. The molecule has 5 rings (SSSR count). The fourth-order valence-corrected chi connectivity index (χ4v) is 4.88. The van der Waals surface area contributed by atoms with Gasteiger partial charge >= 0.3 is 0 Å². The van der Waals surface area contributed by atoms with Crippen LogP contribution in [0.2, 0.25) is 0 Å². The minimum Gasteiger partial charge on any atom is -0.494 e. The summed E-state index contributed by atoms with van der Waals surface area (Å²) < 4.78 is 7.60. The van der Waals surface area contributed by atoms with E-state index >= 15 is 0 Å². The van der Waals surface area contributed by atoms with Crippen molar-refractivity contribution in [3.8, 4) is 17.0 Å². The molecule has 2 aromatic heterocycles. The average molecular weight is 513 g/mol. The van der Waals surface area contributed by atoms with E-state index in [1.54, 1.807) is 7.11 Å². The topological polar surface area (TPSA) is 100 Å². The lowest BCUT2D eigenvalue weighted by atomic mass is 10.1. The number of rotatable bonds is 8. The lowest BCUT2D eigenvalue weighted by molar-refractivity contribution is -0.111. The van der Waals surface area contributed by atoms with Gasteiger partial charge in [0.05, 0.1) is 41.6 Å². The zero-order chi connectivity index (χ0) is 26.8.